The third-order valence-electron chi connectivity index (χ3n) is 11.0. The lowest BCUT2D eigenvalue weighted by atomic mass is 9.77. The largest absolute Gasteiger partial charge is 0.444 e. The zero-order valence-electron chi connectivity index (χ0n) is 35.1. The van der Waals surface area contributed by atoms with Gasteiger partial charge in [0, 0.05) is 54.7 Å². The van der Waals surface area contributed by atoms with E-state index in [9.17, 15) is 19.2 Å². The number of carbonyl (C=O) groups excluding carboxylic acids is 4. The maximum absolute atomic E-state index is 14.0. The standard InChI is InChI=1S/C46H61N7O5/c1-7-33-18-19-37(43(55)47-24-25-53(8-2)9-3)27-40(33)34-14-10-31(11-15-34)26-38(44(56)51-39-22-20-36(21-23-39)42-49-30-50-52-42)28-41(54)35-16-12-32(13-17-35)29-48-45(57)58-46(4,5)6/h10-11,14-15,18-23,27,32,35,38H,7-9,12-13,16-17,24-26,28-30H2,1-6H3,(H,47,55)(H,48,57)(H,51,56)/t32?,35?,38-/m1/s1. The molecule has 0 unspecified atom stereocenters. The van der Waals surface area contributed by atoms with E-state index in [2.05, 4.69) is 56.8 Å². The fourth-order valence-corrected chi connectivity index (χ4v) is 7.59. The quantitative estimate of drug-likeness (QED) is 0.118. The van der Waals surface area contributed by atoms with Gasteiger partial charge in [0.05, 0.1) is 0 Å². The summed E-state index contributed by atoms with van der Waals surface area (Å²) in [5.74, 6) is -0.106. The molecular formula is C46H61N7O5. The minimum Gasteiger partial charge on any atom is -0.444 e. The van der Waals surface area contributed by atoms with Crippen LogP contribution in [0.3, 0.4) is 0 Å². The molecular weight excluding hydrogens is 731 g/mol. The summed E-state index contributed by atoms with van der Waals surface area (Å²) < 4.78 is 5.38. The molecule has 0 radical (unpaired) electrons. The number of benzene rings is 3. The monoisotopic (exact) mass is 791 g/mol. The summed E-state index contributed by atoms with van der Waals surface area (Å²) in [5.41, 5.74) is 5.56. The Morgan fingerprint density at radius 1 is 0.862 bits per heavy atom. The van der Waals surface area contributed by atoms with Gasteiger partial charge >= 0.3 is 6.09 Å². The maximum atomic E-state index is 14.0. The Hall–Kier alpha value is -5.23. The zero-order valence-corrected chi connectivity index (χ0v) is 35.1. The van der Waals surface area contributed by atoms with Crippen molar-refractivity contribution in [3.63, 3.8) is 0 Å². The number of likely N-dealkylation sites (N-methyl/N-ethyl adjacent to an activating group) is 1. The third-order valence-corrected chi connectivity index (χ3v) is 11.0. The smallest absolute Gasteiger partial charge is 0.407 e. The number of ether oxygens (including phenoxy) is 1. The molecule has 1 saturated carbocycles. The Kier molecular flexibility index (Phi) is 15.9. The highest BCUT2D eigenvalue weighted by Crippen LogP contribution is 2.32. The minimum absolute atomic E-state index is 0.0926. The molecule has 0 spiro atoms. The van der Waals surface area contributed by atoms with E-state index in [4.69, 9.17) is 4.74 Å². The van der Waals surface area contributed by atoms with Crippen molar-refractivity contribution in [1.29, 1.82) is 0 Å². The van der Waals surface area contributed by atoms with Gasteiger partial charge in [-0.3, -0.25) is 14.4 Å². The van der Waals surface area contributed by atoms with Gasteiger partial charge in [-0.1, -0.05) is 51.1 Å². The number of Topliss-reactive ketones (excluding diaryl/α,β-unsaturated/α-hetero) is 1. The van der Waals surface area contributed by atoms with E-state index in [1.54, 1.807) is 0 Å². The van der Waals surface area contributed by atoms with Crippen LogP contribution in [-0.2, 0) is 27.2 Å². The number of alkyl carbamates (subject to hydrolysis) is 1. The van der Waals surface area contributed by atoms with Crippen LogP contribution in [0, 0.1) is 17.8 Å². The summed E-state index contributed by atoms with van der Waals surface area (Å²) in [6.07, 6.45) is 3.98. The second kappa shape index (κ2) is 21.0. The summed E-state index contributed by atoms with van der Waals surface area (Å²) in [6, 6.07) is 21.3. The predicted molar refractivity (Wildman–Crippen MR) is 229 cm³/mol. The van der Waals surface area contributed by atoms with Crippen molar-refractivity contribution < 1.29 is 23.9 Å². The van der Waals surface area contributed by atoms with Crippen molar-refractivity contribution in [2.75, 3.05) is 44.7 Å². The molecule has 1 fully saturated rings. The number of azo groups is 1. The Balaban J connectivity index is 1.27. The SMILES string of the molecule is CCc1ccc(C(=O)NCCN(CC)CC)cc1-c1ccc(C[C@H](CC(=O)C2CCC(CNC(=O)OC(C)(C)C)CC2)C(=O)Nc2ccc(C3=NCN=N3)cc2)cc1. The first-order chi connectivity index (χ1) is 27.8. The number of ketones is 1. The van der Waals surface area contributed by atoms with Crippen LogP contribution in [0.1, 0.15) is 101 Å². The van der Waals surface area contributed by atoms with Gasteiger partial charge in [0.2, 0.25) is 5.91 Å². The number of hydrogen-bond donors (Lipinski definition) is 3. The molecule has 3 aromatic rings. The summed E-state index contributed by atoms with van der Waals surface area (Å²) in [6.45, 7) is 15.9. The van der Waals surface area contributed by atoms with Gasteiger partial charge in [-0.05, 0) is 137 Å². The molecule has 5 rings (SSSR count). The number of amidine groups is 1. The van der Waals surface area contributed by atoms with Crippen LogP contribution in [-0.4, -0.2) is 79.4 Å². The second-order valence-electron chi connectivity index (χ2n) is 16.3. The number of nitrogens with one attached hydrogen (secondary N) is 3. The molecule has 1 aliphatic carbocycles. The van der Waals surface area contributed by atoms with E-state index in [1.165, 1.54) is 0 Å². The number of hydrogen-bond acceptors (Lipinski definition) is 9. The first kappa shape index (κ1) is 43.9. The first-order valence-corrected chi connectivity index (χ1v) is 20.9. The topological polar surface area (TPSA) is 154 Å². The zero-order chi connectivity index (χ0) is 41.7. The van der Waals surface area contributed by atoms with Crippen molar-refractivity contribution in [1.82, 2.24) is 15.5 Å². The summed E-state index contributed by atoms with van der Waals surface area (Å²) in [4.78, 5) is 59.7. The molecule has 310 valence electrons. The molecule has 58 heavy (non-hydrogen) atoms. The van der Waals surface area contributed by atoms with Gasteiger partial charge in [-0.2, -0.15) is 5.11 Å². The lowest BCUT2D eigenvalue weighted by molar-refractivity contribution is -0.129. The third kappa shape index (κ3) is 12.9. The van der Waals surface area contributed by atoms with Crippen molar-refractivity contribution in [2.45, 2.75) is 92.1 Å². The molecule has 0 saturated heterocycles. The Bertz CT molecular complexity index is 1920. The number of aliphatic imine (C=N–C) groups is 1. The fourth-order valence-electron chi connectivity index (χ4n) is 7.59. The van der Waals surface area contributed by atoms with E-state index in [0.29, 0.717) is 43.3 Å². The lowest BCUT2D eigenvalue weighted by Gasteiger charge is -2.29. The van der Waals surface area contributed by atoms with E-state index in [-0.39, 0.29) is 35.9 Å². The van der Waals surface area contributed by atoms with E-state index < -0.39 is 17.6 Å². The molecule has 3 N–H and O–H groups in total. The van der Waals surface area contributed by atoms with Gasteiger partial charge < -0.3 is 25.6 Å². The molecule has 3 aromatic carbocycles. The molecule has 1 aliphatic heterocycles. The Labute approximate surface area is 343 Å². The van der Waals surface area contributed by atoms with Crippen LogP contribution >= 0.6 is 0 Å². The van der Waals surface area contributed by atoms with E-state index in [0.717, 1.165) is 79.6 Å². The number of amides is 3. The number of aryl methyl sites for hydroxylation is 1. The van der Waals surface area contributed by atoms with E-state index in [1.807, 2.05) is 87.5 Å². The second-order valence-corrected chi connectivity index (χ2v) is 16.3. The van der Waals surface area contributed by atoms with Crippen LogP contribution in [0.2, 0.25) is 0 Å². The average Bonchev–Trinajstić information content (AvgIpc) is 3.77. The van der Waals surface area contributed by atoms with Gasteiger partial charge in [-0.15, -0.1) is 5.11 Å². The molecule has 1 atom stereocenters. The Morgan fingerprint density at radius 3 is 2.17 bits per heavy atom. The fraction of sp³-hybridized carbons (Fsp3) is 0.500. The van der Waals surface area contributed by atoms with Crippen LogP contribution in [0.15, 0.2) is 82.0 Å². The highest BCUT2D eigenvalue weighted by molar-refractivity contribution is 6.01. The van der Waals surface area contributed by atoms with Gasteiger partial charge in [0.1, 0.15) is 11.4 Å². The van der Waals surface area contributed by atoms with Gasteiger partial charge in [0.15, 0.2) is 12.5 Å². The van der Waals surface area contributed by atoms with Crippen LogP contribution in [0.4, 0.5) is 10.5 Å². The molecule has 0 aromatic heterocycles. The molecule has 12 nitrogen and oxygen atoms in total. The van der Waals surface area contributed by atoms with Gasteiger partial charge in [0.25, 0.3) is 5.91 Å². The lowest BCUT2D eigenvalue weighted by Crippen LogP contribution is -2.37. The first-order valence-electron chi connectivity index (χ1n) is 20.9. The summed E-state index contributed by atoms with van der Waals surface area (Å²) in [7, 11) is 0. The highest BCUT2D eigenvalue weighted by atomic mass is 16.6. The number of rotatable bonds is 18. The highest BCUT2D eigenvalue weighted by Gasteiger charge is 2.31. The normalized spacial score (nSPS) is 17.1. The summed E-state index contributed by atoms with van der Waals surface area (Å²) in [5, 5.41) is 17.0. The average molecular weight is 792 g/mol. The number of anilines is 1. The predicted octanol–water partition coefficient (Wildman–Crippen LogP) is 8.25. The molecule has 0 bridgehead atoms. The van der Waals surface area contributed by atoms with Crippen molar-refractivity contribution in [3.8, 4) is 11.1 Å². The minimum atomic E-state index is -0.591. The molecule has 1 heterocycles. The van der Waals surface area contributed by atoms with Crippen LogP contribution < -0.4 is 16.0 Å². The van der Waals surface area contributed by atoms with Crippen molar-refractivity contribution >= 4 is 35.2 Å². The Morgan fingerprint density at radius 2 is 1.55 bits per heavy atom. The number of nitrogens with zero attached hydrogens (tertiary/aromatic N) is 4. The molecule has 12 heteroatoms. The van der Waals surface area contributed by atoms with Crippen LogP contribution in [0.5, 0.6) is 0 Å². The van der Waals surface area contributed by atoms with Crippen molar-refractivity contribution in [2.24, 2.45) is 33.0 Å². The molecule has 3 amide bonds. The maximum Gasteiger partial charge on any atom is 0.407 e. The van der Waals surface area contributed by atoms with Gasteiger partial charge in [-0.25, -0.2) is 9.79 Å². The van der Waals surface area contributed by atoms with Crippen LogP contribution in [0.25, 0.3) is 11.1 Å². The summed E-state index contributed by atoms with van der Waals surface area (Å²) >= 11 is 0. The van der Waals surface area contributed by atoms with Crippen molar-refractivity contribution in [3.05, 3.63) is 89.0 Å². The molecule has 2 aliphatic rings. The van der Waals surface area contributed by atoms with E-state index >= 15 is 0 Å². The number of carbonyl (C=O) groups is 4.